The highest BCUT2D eigenvalue weighted by Crippen LogP contribution is 1.98. The van der Waals surface area contributed by atoms with Crippen LogP contribution < -0.4 is 5.32 Å². The van der Waals surface area contributed by atoms with Crippen LogP contribution in [-0.4, -0.2) is 19.6 Å². The van der Waals surface area contributed by atoms with Crippen molar-refractivity contribution in [1.29, 1.82) is 0 Å². The molecular weight excluding hydrogens is 202 g/mol. The van der Waals surface area contributed by atoms with Crippen LogP contribution in [0.5, 0.6) is 0 Å². The average molecular weight is 221 g/mol. The molecule has 0 radical (unpaired) electrons. The van der Waals surface area contributed by atoms with Gasteiger partial charge in [0.1, 0.15) is 6.61 Å². The van der Waals surface area contributed by atoms with Gasteiger partial charge >= 0.3 is 0 Å². The highest BCUT2D eigenvalue weighted by molar-refractivity contribution is 5.37. The minimum atomic E-state index is 0.365. The van der Waals surface area contributed by atoms with Crippen molar-refractivity contribution in [3.05, 3.63) is 35.9 Å². The maximum absolute atomic E-state index is 9.76. The third kappa shape index (κ3) is 6.19. The van der Waals surface area contributed by atoms with Gasteiger partial charge in [0, 0.05) is 0 Å². The van der Waals surface area contributed by atoms with Gasteiger partial charge in [0.2, 0.25) is 0 Å². The molecular formula is C13H19NO2. The van der Waals surface area contributed by atoms with Crippen molar-refractivity contribution in [3.8, 4) is 0 Å². The minimum Gasteiger partial charge on any atom is -0.463 e. The van der Waals surface area contributed by atoms with Crippen molar-refractivity contribution in [2.45, 2.75) is 25.9 Å². The Balaban J connectivity index is 0.000000181. The van der Waals surface area contributed by atoms with E-state index in [1.165, 1.54) is 32.4 Å². The fourth-order valence-corrected chi connectivity index (χ4v) is 1.51. The Labute approximate surface area is 96.8 Å². The van der Waals surface area contributed by atoms with Gasteiger partial charge in [0.05, 0.1) is 0 Å². The summed E-state index contributed by atoms with van der Waals surface area (Å²) in [5, 5.41) is 3.28. The smallest absolute Gasteiger partial charge is 0.293 e. The van der Waals surface area contributed by atoms with Crippen molar-refractivity contribution in [3.63, 3.8) is 0 Å². The Kier molecular flexibility index (Phi) is 7.09. The van der Waals surface area contributed by atoms with E-state index < -0.39 is 0 Å². The van der Waals surface area contributed by atoms with Gasteiger partial charge in [0.25, 0.3) is 6.47 Å². The quantitative estimate of drug-likeness (QED) is 0.794. The molecule has 3 nitrogen and oxygen atoms in total. The van der Waals surface area contributed by atoms with Crippen LogP contribution in [0.2, 0.25) is 0 Å². The second-order valence-corrected chi connectivity index (χ2v) is 3.70. The molecule has 0 aromatic heterocycles. The largest absolute Gasteiger partial charge is 0.463 e. The van der Waals surface area contributed by atoms with E-state index in [1.54, 1.807) is 0 Å². The van der Waals surface area contributed by atoms with Gasteiger partial charge in [-0.1, -0.05) is 36.8 Å². The predicted octanol–water partition coefficient (Wildman–Crippen LogP) is 2.12. The first-order valence-corrected chi connectivity index (χ1v) is 5.73. The Bertz CT molecular complexity index is 259. The summed E-state index contributed by atoms with van der Waals surface area (Å²) < 4.78 is 4.54. The van der Waals surface area contributed by atoms with Gasteiger partial charge < -0.3 is 10.1 Å². The van der Waals surface area contributed by atoms with Crippen LogP contribution in [0, 0.1) is 0 Å². The van der Waals surface area contributed by atoms with E-state index in [-0.39, 0.29) is 0 Å². The van der Waals surface area contributed by atoms with Gasteiger partial charge in [-0.2, -0.15) is 0 Å². The van der Waals surface area contributed by atoms with Crippen LogP contribution in [0.15, 0.2) is 30.3 Å². The van der Waals surface area contributed by atoms with Crippen LogP contribution in [0.3, 0.4) is 0 Å². The summed E-state index contributed by atoms with van der Waals surface area (Å²) in [7, 11) is 0. The van der Waals surface area contributed by atoms with Gasteiger partial charge in [-0.25, -0.2) is 0 Å². The van der Waals surface area contributed by atoms with Crippen molar-refractivity contribution in [1.82, 2.24) is 5.32 Å². The number of nitrogens with one attached hydrogen (secondary N) is 1. The molecule has 0 saturated carbocycles. The molecule has 0 aliphatic carbocycles. The van der Waals surface area contributed by atoms with Crippen LogP contribution in [0.1, 0.15) is 24.8 Å². The Morgan fingerprint density at radius 2 is 1.81 bits per heavy atom. The Hall–Kier alpha value is -1.35. The van der Waals surface area contributed by atoms with E-state index in [4.69, 9.17) is 0 Å². The molecule has 1 N–H and O–H groups in total. The number of rotatable bonds is 3. The molecule has 0 atom stereocenters. The van der Waals surface area contributed by atoms with Crippen LogP contribution in [-0.2, 0) is 16.1 Å². The zero-order chi connectivity index (χ0) is 11.5. The normalized spacial score (nSPS) is 14.5. The summed E-state index contributed by atoms with van der Waals surface area (Å²) in [6.07, 6.45) is 4.22. The molecule has 2 rings (SSSR count). The molecule has 1 aliphatic heterocycles. The van der Waals surface area contributed by atoms with Crippen LogP contribution in [0.25, 0.3) is 0 Å². The predicted molar refractivity (Wildman–Crippen MR) is 64.0 cm³/mol. The van der Waals surface area contributed by atoms with Gasteiger partial charge in [-0.15, -0.1) is 0 Å². The topological polar surface area (TPSA) is 38.3 Å². The molecule has 0 spiro atoms. The molecule has 0 amide bonds. The van der Waals surface area contributed by atoms with Crippen molar-refractivity contribution < 1.29 is 9.53 Å². The Morgan fingerprint density at radius 1 is 1.12 bits per heavy atom. The highest BCUT2D eigenvalue weighted by Gasteiger charge is 1.93. The number of piperidine rings is 1. The number of carbonyl (C=O) groups is 1. The second kappa shape index (κ2) is 8.92. The molecule has 88 valence electrons. The van der Waals surface area contributed by atoms with Gasteiger partial charge in [0.15, 0.2) is 0 Å². The monoisotopic (exact) mass is 221 g/mol. The van der Waals surface area contributed by atoms with E-state index in [0.717, 1.165) is 5.56 Å². The Morgan fingerprint density at radius 3 is 2.25 bits per heavy atom. The van der Waals surface area contributed by atoms with E-state index in [1.807, 2.05) is 30.3 Å². The van der Waals surface area contributed by atoms with Crippen molar-refractivity contribution in [2.24, 2.45) is 0 Å². The van der Waals surface area contributed by atoms with Crippen LogP contribution >= 0.6 is 0 Å². The summed E-state index contributed by atoms with van der Waals surface area (Å²) in [5.41, 5.74) is 1.01. The average Bonchev–Trinajstić information content (AvgIpc) is 2.40. The first-order chi connectivity index (χ1) is 7.93. The molecule has 1 aliphatic rings. The van der Waals surface area contributed by atoms with E-state index >= 15 is 0 Å². The molecule has 1 aromatic carbocycles. The number of ether oxygens (including phenoxy) is 1. The van der Waals surface area contributed by atoms with Gasteiger partial charge in [-0.05, 0) is 31.5 Å². The van der Waals surface area contributed by atoms with E-state index in [0.29, 0.717) is 13.1 Å². The molecule has 0 bridgehead atoms. The lowest BCUT2D eigenvalue weighted by molar-refractivity contribution is -0.129. The molecule has 1 fully saturated rings. The number of benzene rings is 1. The maximum Gasteiger partial charge on any atom is 0.293 e. The summed E-state index contributed by atoms with van der Waals surface area (Å²) >= 11 is 0. The lowest BCUT2D eigenvalue weighted by atomic mass is 10.2. The van der Waals surface area contributed by atoms with Crippen molar-refractivity contribution >= 4 is 6.47 Å². The second-order valence-electron chi connectivity index (χ2n) is 3.70. The lowest BCUT2D eigenvalue weighted by Gasteiger charge is -2.08. The van der Waals surface area contributed by atoms with Crippen molar-refractivity contribution in [2.75, 3.05) is 13.1 Å². The van der Waals surface area contributed by atoms with Gasteiger partial charge in [-0.3, -0.25) is 4.79 Å². The molecule has 16 heavy (non-hydrogen) atoms. The first kappa shape index (κ1) is 12.7. The fraction of sp³-hybridized carbons (Fsp3) is 0.462. The maximum atomic E-state index is 9.76. The SMILES string of the molecule is C1CCNCC1.O=COCc1ccccc1. The summed E-state index contributed by atoms with van der Waals surface area (Å²) in [5.74, 6) is 0. The number of hydrogen-bond donors (Lipinski definition) is 1. The molecule has 1 aromatic rings. The standard InChI is InChI=1S/C8H8O2.C5H11N/c9-7-10-6-8-4-2-1-3-5-8;1-2-4-6-5-3-1/h1-5,7H,6H2;6H,1-5H2. The fourth-order valence-electron chi connectivity index (χ4n) is 1.51. The van der Waals surface area contributed by atoms with Crippen LogP contribution in [0.4, 0.5) is 0 Å². The molecule has 1 saturated heterocycles. The summed E-state index contributed by atoms with van der Waals surface area (Å²) in [6, 6.07) is 9.55. The zero-order valence-corrected chi connectivity index (χ0v) is 9.52. The van der Waals surface area contributed by atoms with E-state index in [9.17, 15) is 4.79 Å². The molecule has 3 heteroatoms. The third-order valence-electron chi connectivity index (χ3n) is 2.37. The molecule has 0 unspecified atom stereocenters. The summed E-state index contributed by atoms with van der Waals surface area (Å²) in [6.45, 7) is 3.32. The highest BCUT2D eigenvalue weighted by atomic mass is 16.5. The zero-order valence-electron chi connectivity index (χ0n) is 9.52. The minimum absolute atomic E-state index is 0.365. The number of carbonyl (C=O) groups excluding carboxylic acids is 1. The summed E-state index contributed by atoms with van der Waals surface area (Å²) in [4.78, 5) is 9.76. The van der Waals surface area contributed by atoms with E-state index in [2.05, 4.69) is 10.1 Å². The first-order valence-electron chi connectivity index (χ1n) is 5.73. The molecule has 1 heterocycles. The lowest BCUT2D eigenvalue weighted by Crippen LogP contribution is -2.21. The third-order valence-corrected chi connectivity index (χ3v) is 2.37. The number of hydrogen-bond acceptors (Lipinski definition) is 3.